The molecule has 0 aliphatic carbocycles. The molecule has 1 heterocycles. The van der Waals surface area contributed by atoms with Crippen molar-refractivity contribution >= 4 is 15.7 Å². The zero-order valence-electron chi connectivity index (χ0n) is 10.5. The summed E-state index contributed by atoms with van der Waals surface area (Å²) < 4.78 is 23.0. The van der Waals surface area contributed by atoms with Gasteiger partial charge < -0.3 is 4.90 Å². The van der Waals surface area contributed by atoms with Gasteiger partial charge in [-0.2, -0.15) is 0 Å². The first-order valence-corrected chi connectivity index (χ1v) is 7.36. The summed E-state index contributed by atoms with van der Waals surface area (Å²) in [7, 11) is -2.97. The molecule has 0 aromatic rings. The Balaban J connectivity index is 2.45. The summed E-state index contributed by atoms with van der Waals surface area (Å²) in [5, 5.41) is -0.332. The molecule has 1 aliphatic rings. The van der Waals surface area contributed by atoms with Crippen LogP contribution in [-0.4, -0.2) is 43.3 Å². The van der Waals surface area contributed by atoms with Gasteiger partial charge in [0.25, 0.3) is 0 Å². The van der Waals surface area contributed by atoms with Crippen molar-refractivity contribution in [3.63, 3.8) is 0 Å². The normalized spacial score (nSPS) is 18.4. The third-order valence-corrected chi connectivity index (χ3v) is 4.91. The minimum absolute atomic E-state index is 0.0359. The van der Waals surface area contributed by atoms with Crippen LogP contribution >= 0.6 is 0 Å². The van der Waals surface area contributed by atoms with E-state index < -0.39 is 9.84 Å². The summed E-state index contributed by atoms with van der Waals surface area (Å²) in [6.45, 7) is 8.42. The fraction of sp³-hybridized carbons (Fsp3) is 0.909. The average molecular weight is 247 g/mol. The van der Waals surface area contributed by atoms with Crippen molar-refractivity contribution in [2.75, 3.05) is 18.8 Å². The average Bonchev–Trinajstić information content (AvgIpc) is 1.96. The van der Waals surface area contributed by atoms with Crippen molar-refractivity contribution in [3.8, 4) is 0 Å². The molecule has 1 saturated heterocycles. The number of carbonyl (C=O) groups is 1. The zero-order valence-corrected chi connectivity index (χ0v) is 11.3. The van der Waals surface area contributed by atoms with Crippen LogP contribution in [0, 0.1) is 5.41 Å². The first kappa shape index (κ1) is 13.5. The quantitative estimate of drug-likeness (QED) is 0.749. The Hall–Kier alpha value is -0.580. The number of rotatable bonds is 3. The van der Waals surface area contributed by atoms with Gasteiger partial charge in [-0.25, -0.2) is 8.42 Å². The van der Waals surface area contributed by atoms with Gasteiger partial charge in [-0.1, -0.05) is 27.7 Å². The molecule has 1 fully saturated rings. The van der Waals surface area contributed by atoms with Crippen molar-refractivity contribution in [3.05, 3.63) is 0 Å². The number of amides is 1. The van der Waals surface area contributed by atoms with Gasteiger partial charge in [-0.3, -0.25) is 4.79 Å². The maximum absolute atomic E-state index is 11.7. The predicted octanol–water partition coefficient (Wildman–Crippen LogP) is 1.07. The molecule has 0 spiro atoms. The van der Waals surface area contributed by atoms with E-state index in [2.05, 4.69) is 0 Å². The summed E-state index contributed by atoms with van der Waals surface area (Å²) in [6.07, 6.45) is 0.478. The molecular formula is C11H21NO3S. The SMILES string of the molecule is CCS(=O)(=O)C1CN(C(=O)CC(C)(C)C)C1. The minimum Gasteiger partial charge on any atom is -0.340 e. The molecular weight excluding hydrogens is 226 g/mol. The first-order valence-electron chi connectivity index (χ1n) is 5.65. The second-order valence-corrected chi connectivity index (χ2v) is 8.18. The molecule has 16 heavy (non-hydrogen) atoms. The smallest absolute Gasteiger partial charge is 0.223 e. The molecule has 0 radical (unpaired) electrons. The number of nitrogens with zero attached hydrogens (tertiary/aromatic N) is 1. The van der Waals surface area contributed by atoms with E-state index in [0.717, 1.165) is 0 Å². The van der Waals surface area contributed by atoms with Crippen molar-refractivity contribution in [1.82, 2.24) is 4.90 Å². The van der Waals surface area contributed by atoms with E-state index in [4.69, 9.17) is 0 Å². The number of sulfone groups is 1. The van der Waals surface area contributed by atoms with E-state index in [1.807, 2.05) is 20.8 Å². The highest BCUT2D eigenvalue weighted by Gasteiger charge is 2.39. The van der Waals surface area contributed by atoms with Crippen molar-refractivity contribution < 1.29 is 13.2 Å². The molecule has 0 saturated carbocycles. The third-order valence-electron chi connectivity index (χ3n) is 2.79. The second-order valence-electron chi connectivity index (χ2n) is 5.61. The van der Waals surface area contributed by atoms with Crippen LogP contribution in [0.3, 0.4) is 0 Å². The molecule has 0 aromatic carbocycles. The van der Waals surface area contributed by atoms with Gasteiger partial charge in [0.15, 0.2) is 9.84 Å². The Bertz CT molecular complexity index is 361. The lowest BCUT2D eigenvalue weighted by atomic mass is 9.91. The van der Waals surface area contributed by atoms with Gasteiger partial charge in [-0.05, 0) is 5.41 Å². The maximum atomic E-state index is 11.7. The number of likely N-dealkylation sites (tertiary alicyclic amines) is 1. The third kappa shape index (κ3) is 3.20. The first-order chi connectivity index (χ1) is 7.15. The highest BCUT2D eigenvalue weighted by atomic mass is 32.2. The fourth-order valence-corrected chi connectivity index (χ4v) is 2.96. The van der Waals surface area contributed by atoms with E-state index in [9.17, 15) is 13.2 Å². The fourth-order valence-electron chi connectivity index (χ4n) is 1.67. The zero-order chi connectivity index (χ0) is 12.6. The second kappa shape index (κ2) is 4.35. The summed E-state index contributed by atoms with van der Waals surface area (Å²) in [5.41, 5.74) is -0.0359. The monoisotopic (exact) mass is 247 g/mol. The Labute approximate surface area is 97.9 Å². The Morgan fingerprint density at radius 2 is 1.81 bits per heavy atom. The van der Waals surface area contributed by atoms with E-state index in [1.165, 1.54) is 0 Å². The number of carbonyl (C=O) groups excluding carboxylic acids is 1. The highest BCUT2D eigenvalue weighted by molar-refractivity contribution is 7.92. The minimum atomic E-state index is -2.97. The molecule has 94 valence electrons. The van der Waals surface area contributed by atoms with Gasteiger partial charge in [-0.15, -0.1) is 0 Å². The molecule has 0 bridgehead atoms. The summed E-state index contributed by atoms with van der Waals surface area (Å²) in [5.74, 6) is 0.231. The molecule has 0 atom stereocenters. The Morgan fingerprint density at radius 3 is 2.19 bits per heavy atom. The van der Waals surface area contributed by atoms with Gasteiger partial charge in [0.05, 0.1) is 5.25 Å². The van der Waals surface area contributed by atoms with Crippen LogP contribution < -0.4 is 0 Å². The van der Waals surface area contributed by atoms with Crippen LogP contribution in [0.1, 0.15) is 34.1 Å². The van der Waals surface area contributed by atoms with Crippen LogP contribution in [0.25, 0.3) is 0 Å². The van der Waals surface area contributed by atoms with Gasteiger partial charge in [0.1, 0.15) is 0 Å². The van der Waals surface area contributed by atoms with Crippen LogP contribution in [0.4, 0.5) is 0 Å². The van der Waals surface area contributed by atoms with Crippen LogP contribution in [0.15, 0.2) is 0 Å². The molecule has 0 N–H and O–H groups in total. The molecule has 0 unspecified atom stereocenters. The van der Waals surface area contributed by atoms with Crippen molar-refractivity contribution in [1.29, 1.82) is 0 Å². The lowest BCUT2D eigenvalue weighted by Crippen LogP contribution is -2.57. The lowest BCUT2D eigenvalue weighted by molar-refractivity contribution is -0.136. The Morgan fingerprint density at radius 1 is 1.31 bits per heavy atom. The summed E-state index contributed by atoms with van der Waals surface area (Å²) in [6, 6.07) is 0. The van der Waals surface area contributed by atoms with Gasteiger partial charge in [0, 0.05) is 25.3 Å². The summed E-state index contributed by atoms with van der Waals surface area (Å²) in [4.78, 5) is 13.4. The number of hydrogen-bond acceptors (Lipinski definition) is 3. The van der Waals surface area contributed by atoms with Crippen molar-refractivity contribution in [2.24, 2.45) is 5.41 Å². The van der Waals surface area contributed by atoms with E-state index in [1.54, 1.807) is 11.8 Å². The van der Waals surface area contributed by atoms with Crippen LogP contribution in [0.2, 0.25) is 0 Å². The topological polar surface area (TPSA) is 54.5 Å². The number of hydrogen-bond donors (Lipinski definition) is 0. The van der Waals surface area contributed by atoms with Crippen LogP contribution in [-0.2, 0) is 14.6 Å². The Kier molecular flexibility index (Phi) is 3.67. The molecule has 1 rings (SSSR count). The van der Waals surface area contributed by atoms with E-state index in [-0.39, 0.29) is 22.3 Å². The van der Waals surface area contributed by atoms with E-state index in [0.29, 0.717) is 19.5 Å². The maximum Gasteiger partial charge on any atom is 0.223 e. The standard InChI is InChI=1S/C11H21NO3S/c1-5-16(14,15)9-7-12(8-9)10(13)6-11(2,3)4/h9H,5-8H2,1-4H3. The van der Waals surface area contributed by atoms with Gasteiger partial charge in [0.2, 0.25) is 5.91 Å². The van der Waals surface area contributed by atoms with Crippen LogP contribution in [0.5, 0.6) is 0 Å². The molecule has 4 nitrogen and oxygen atoms in total. The molecule has 1 amide bonds. The molecule has 5 heteroatoms. The van der Waals surface area contributed by atoms with E-state index >= 15 is 0 Å². The summed E-state index contributed by atoms with van der Waals surface area (Å²) >= 11 is 0. The predicted molar refractivity (Wildman–Crippen MR) is 63.9 cm³/mol. The molecule has 1 aliphatic heterocycles. The highest BCUT2D eigenvalue weighted by Crippen LogP contribution is 2.24. The van der Waals surface area contributed by atoms with Gasteiger partial charge >= 0.3 is 0 Å². The molecule has 0 aromatic heterocycles. The largest absolute Gasteiger partial charge is 0.340 e. The lowest BCUT2D eigenvalue weighted by Gasteiger charge is -2.39. The van der Waals surface area contributed by atoms with Crippen molar-refractivity contribution in [2.45, 2.75) is 39.4 Å².